The Bertz CT molecular complexity index is 1260. The van der Waals surface area contributed by atoms with Crippen molar-refractivity contribution in [3.63, 3.8) is 0 Å². The van der Waals surface area contributed by atoms with Crippen LogP contribution < -0.4 is 0 Å². The summed E-state index contributed by atoms with van der Waals surface area (Å²) in [6, 6.07) is 0. The smallest absolute Gasteiger partial charge is 0.309 e. The molecule has 4 unspecified atom stereocenters. The molecule has 0 aromatic rings. The molecule has 0 aromatic heterocycles. The van der Waals surface area contributed by atoms with Crippen molar-refractivity contribution in [1.29, 1.82) is 0 Å². The predicted molar refractivity (Wildman–Crippen MR) is 302 cm³/mol. The third-order valence-corrected chi connectivity index (χ3v) is 15.7. The zero-order valence-electron chi connectivity index (χ0n) is 48.6. The van der Waals surface area contributed by atoms with Gasteiger partial charge in [-0.25, -0.2) is 0 Å². The van der Waals surface area contributed by atoms with Gasteiger partial charge in [-0.1, -0.05) is 292 Å². The maximum Gasteiger partial charge on any atom is 0.309 e. The highest BCUT2D eigenvalue weighted by Gasteiger charge is 2.50. The minimum atomic E-state index is -1.15. The number of carbonyl (C=O) groups is 4. The van der Waals surface area contributed by atoms with E-state index in [4.69, 9.17) is 14.2 Å². The van der Waals surface area contributed by atoms with Crippen LogP contribution in [-0.4, -0.2) is 48.8 Å². The summed E-state index contributed by atoms with van der Waals surface area (Å²) in [5, 5.41) is 10.3. The summed E-state index contributed by atoms with van der Waals surface area (Å²) in [7, 11) is 0. The summed E-state index contributed by atoms with van der Waals surface area (Å²) in [5.74, 6) is -4.40. The largest absolute Gasteiger partial charge is 0.481 e. The van der Waals surface area contributed by atoms with Crippen LogP contribution in [0.25, 0.3) is 0 Å². The molecule has 0 aliphatic heterocycles. The monoisotopic (exact) mass is 1020 g/mol. The second-order valence-corrected chi connectivity index (χ2v) is 24.1. The topological polar surface area (TPSA) is 116 Å². The van der Waals surface area contributed by atoms with Gasteiger partial charge < -0.3 is 19.3 Å². The highest BCUT2D eigenvalue weighted by Crippen LogP contribution is 2.41. The number of carbonyl (C=O) groups excluding carboxylic acids is 3. The third-order valence-electron chi connectivity index (χ3n) is 15.7. The van der Waals surface area contributed by atoms with Crippen molar-refractivity contribution in [3.05, 3.63) is 0 Å². The number of unbranched alkanes of at least 4 members (excludes halogenated alkanes) is 36. The lowest BCUT2D eigenvalue weighted by Crippen LogP contribution is -2.46. The van der Waals surface area contributed by atoms with E-state index in [0.29, 0.717) is 0 Å². The van der Waals surface area contributed by atoms with E-state index >= 15 is 0 Å². The number of aliphatic carboxylic acids is 1. The molecular formula is C64H120O8. The molecular weight excluding hydrogens is 897 g/mol. The van der Waals surface area contributed by atoms with E-state index < -0.39 is 47.5 Å². The zero-order chi connectivity index (χ0) is 52.7. The van der Waals surface area contributed by atoms with Gasteiger partial charge in [-0.3, -0.25) is 19.2 Å². The fourth-order valence-corrected chi connectivity index (χ4v) is 10.9. The maximum absolute atomic E-state index is 13.7. The Hall–Kier alpha value is -2.12. The summed E-state index contributed by atoms with van der Waals surface area (Å²) < 4.78 is 17.2. The van der Waals surface area contributed by atoms with Gasteiger partial charge in [0.05, 0.1) is 43.5 Å². The Morgan fingerprint density at radius 3 is 0.653 bits per heavy atom. The highest BCUT2D eigenvalue weighted by atomic mass is 16.5. The van der Waals surface area contributed by atoms with Gasteiger partial charge in [0.25, 0.3) is 0 Å². The van der Waals surface area contributed by atoms with Crippen LogP contribution in [-0.2, 0) is 33.4 Å². The number of rotatable bonds is 52. The Balaban J connectivity index is 2.52. The predicted octanol–water partition coefficient (Wildman–Crippen LogP) is 19.3. The Kier molecular flexibility index (Phi) is 45.8. The van der Waals surface area contributed by atoms with E-state index in [-0.39, 0.29) is 32.7 Å². The van der Waals surface area contributed by atoms with Gasteiger partial charge in [0.15, 0.2) is 0 Å². The number of carboxylic acids is 1. The lowest BCUT2D eigenvalue weighted by atomic mass is 9.68. The molecule has 0 aromatic carbocycles. The van der Waals surface area contributed by atoms with Crippen molar-refractivity contribution in [2.75, 3.05) is 19.8 Å². The number of hydrogen-bond donors (Lipinski definition) is 1. The van der Waals surface area contributed by atoms with Crippen molar-refractivity contribution < 1.29 is 38.5 Å². The summed E-state index contributed by atoms with van der Waals surface area (Å²) in [6.07, 6.45) is 51.7. The standard InChI is InChI=1S/C64H120O8/c1-54(2)46-40-34-28-22-16-10-7-13-19-25-31-37-43-49-70-62(67)58-53-60(64(69)72-51-45-39-33-27-21-15-9-12-18-24-30-36-42-48-56(5)6)59(52-57(58)61(65)66)63(68)71-50-44-38-32-26-20-14-8-11-17-23-29-35-41-47-55(3)4/h54-60H,7-53H2,1-6H3,(H,65,66). The lowest BCUT2D eigenvalue weighted by Gasteiger charge is -2.36. The first-order chi connectivity index (χ1) is 34.9. The summed E-state index contributed by atoms with van der Waals surface area (Å²) in [5.41, 5.74) is 0. The van der Waals surface area contributed by atoms with Crippen molar-refractivity contribution in [2.24, 2.45) is 41.4 Å². The summed E-state index contributed by atoms with van der Waals surface area (Å²) in [4.78, 5) is 53.6. The van der Waals surface area contributed by atoms with E-state index in [2.05, 4.69) is 41.5 Å². The molecule has 72 heavy (non-hydrogen) atoms. The molecule has 1 N–H and O–H groups in total. The Morgan fingerprint density at radius 2 is 0.458 bits per heavy atom. The first-order valence-corrected chi connectivity index (χ1v) is 31.7. The van der Waals surface area contributed by atoms with Crippen LogP contribution in [0.2, 0.25) is 0 Å². The van der Waals surface area contributed by atoms with Crippen LogP contribution in [0.3, 0.4) is 0 Å². The summed E-state index contributed by atoms with van der Waals surface area (Å²) >= 11 is 0. The quantitative estimate of drug-likeness (QED) is 0.0364. The second kappa shape index (κ2) is 48.5. The van der Waals surface area contributed by atoms with E-state index in [0.717, 1.165) is 75.5 Å². The van der Waals surface area contributed by atoms with Gasteiger partial charge in [0, 0.05) is 0 Å². The van der Waals surface area contributed by atoms with Crippen LogP contribution >= 0.6 is 0 Å². The van der Waals surface area contributed by atoms with Gasteiger partial charge >= 0.3 is 23.9 Å². The molecule has 1 fully saturated rings. The molecule has 0 heterocycles. The minimum absolute atomic E-state index is 0.0804. The van der Waals surface area contributed by atoms with Gasteiger partial charge in [0.2, 0.25) is 0 Å². The second-order valence-electron chi connectivity index (χ2n) is 24.1. The molecule has 0 amide bonds. The average molecular weight is 1020 g/mol. The van der Waals surface area contributed by atoms with Crippen molar-refractivity contribution >= 4 is 23.9 Å². The summed E-state index contributed by atoms with van der Waals surface area (Å²) in [6.45, 7) is 14.6. The molecule has 1 aliphatic rings. The number of ether oxygens (including phenoxy) is 3. The van der Waals surface area contributed by atoms with Crippen LogP contribution in [0.4, 0.5) is 0 Å². The first kappa shape index (κ1) is 67.9. The number of esters is 3. The van der Waals surface area contributed by atoms with Crippen LogP contribution in [0.5, 0.6) is 0 Å². The lowest BCUT2D eigenvalue weighted by molar-refractivity contribution is -0.174. The molecule has 1 saturated carbocycles. The third kappa shape index (κ3) is 40.2. The Morgan fingerprint density at radius 1 is 0.292 bits per heavy atom. The zero-order valence-corrected chi connectivity index (χ0v) is 48.6. The molecule has 8 nitrogen and oxygen atoms in total. The average Bonchev–Trinajstić information content (AvgIpc) is 3.34. The van der Waals surface area contributed by atoms with Gasteiger partial charge in [0.1, 0.15) is 0 Å². The molecule has 0 bridgehead atoms. The highest BCUT2D eigenvalue weighted by molar-refractivity contribution is 5.87. The van der Waals surface area contributed by atoms with E-state index in [1.807, 2.05) is 0 Å². The first-order valence-electron chi connectivity index (χ1n) is 31.7. The fraction of sp³-hybridized carbons (Fsp3) is 0.938. The van der Waals surface area contributed by atoms with Gasteiger partial charge in [-0.05, 0) is 49.9 Å². The number of hydrogen-bond acceptors (Lipinski definition) is 7. The fourth-order valence-electron chi connectivity index (χ4n) is 10.9. The normalized spacial score (nSPS) is 17.0. The van der Waals surface area contributed by atoms with Gasteiger partial charge in [-0.2, -0.15) is 0 Å². The Labute approximate surface area is 446 Å². The van der Waals surface area contributed by atoms with Crippen LogP contribution in [0.1, 0.15) is 324 Å². The number of carboxylic acid groups (broad SMARTS) is 1. The maximum atomic E-state index is 13.7. The SMILES string of the molecule is CC(C)CCCCCCCCCCCCCCCOC(=O)C1CC(C(=O)OCCCCCCCCCCCCCCCC(C)C)C(C(=O)OCCCCCCCCCCCCCCCC(C)C)CC1C(=O)O. The van der Waals surface area contributed by atoms with Gasteiger partial charge in [-0.15, -0.1) is 0 Å². The van der Waals surface area contributed by atoms with Crippen molar-refractivity contribution in [1.82, 2.24) is 0 Å². The van der Waals surface area contributed by atoms with E-state index in [1.54, 1.807) is 0 Å². The molecule has 8 heteroatoms. The van der Waals surface area contributed by atoms with Crippen LogP contribution in [0.15, 0.2) is 0 Å². The molecule has 1 rings (SSSR count). The molecule has 424 valence electrons. The minimum Gasteiger partial charge on any atom is -0.481 e. The van der Waals surface area contributed by atoms with Crippen LogP contribution in [0, 0.1) is 41.4 Å². The molecule has 0 saturated heterocycles. The molecule has 0 radical (unpaired) electrons. The molecule has 1 aliphatic carbocycles. The van der Waals surface area contributed by atoms with E-state index in [9.17, 15) is 24.3 Å². The van der Waals surface area contributed by atoms with Crippen molar-refractivity contribution in [2.45, 2.75) is 324 Å². The molecule has 0 spiro atoms. The van der Waals surface area contributed by atoms with E-state index in [1.165, 1.54) is 212 Å². The molecule has 4 atom stereocenters. The van der Waals surface area contributed by atoms with Crippen molar-refractivity contribution in [3.8, 4) is 0 Å².